The standard InChI is InChI=1S/C17H26N2O2/c1-13-6-4-7-16(10-13)21-9-5-8-17(20)19-11-14(2)18-15(3)12-19/h4,6-7,10,14-15,18H,5,8-9,11-12H2,1-3H3/t14-,15-/m0/s1. The highest BCUT2D eigenvalue weighted by molar-refractivity contribution is 5.76. The van der Waals surface area contributed by atoms with Crippen LogP contribution < -0.4 is 10.1 Å². The van der Waals surface area contributed by atoms with Gasteiger partial charge in [0.05, 0.1) is 6.61 Å². The SMILES string of the molecule is Cc1cccc(OCCCC(=O)N2C[C@H](C)N[C@@H](C)C2)c1. The van der Waals surface area contributed by atoms with E-state index in [1.54, 1.807) is 0 Å². The molecule has 0 radical (unpaired) electrons. The number of aryl methyl sites for hydroxylation is 1. The van der Waals surface area contributed by atoms with E-state index in [1.165, 1.54) is 5.56 Å². The topological polar surface area (TPSA) is 41.6 Å². The quantitative estimate of drug-likeness (QED) is 0.847. The molecule has 1 heterocycles. The first-order chi connectivity index (χ1) is 10.0. The van der Waals surface area contributed by atoms with Gasteiger partial charge in [0, 0.05) is 31.6 Å². The molecular formula is C17H26N2O2. The minimum absolute atomic E-state index is 0.239. The van der Waals surface area contributed by atoms with Crippen LogP contribution in [0, 0.1) is 6.92 Å². The van der Waals surface area contributed by atoms with Gasteiger partial charge in [-0.25, -0.2) is 0 Å². The number of hydrogen-bond acceptors (Lipinski definition) is 3. The number of nitrogens with one attached hydrogen (secondary N) is 1. The summed E-state index contributed by atoms with van der Waals surface area (Å²) in [5.74, 6) is 1.12. The van der Waals surface area contributed by atoms with Crippen molar-refractivity contribution in [2.45, 2.75) is 45.7 Å². The van der Waals surface area contributed by atoms with Crippen LogP contribution in [0.1, 0.15) is 32.3 Å². The Morgan fingerprint density at radius 2 is 2.05 bits per heavy atom. The summed E-state index contributed by atoms with van der Waals surface area (Å²) in [6.45, 7) is 8.49. The summed E-state index contributed by atoms with van der Waals surface area (Å²) in [6.07, 6.45) is 1.32. The maximum atomic E-state index is 12.2. The smallest absolute Gasteiger partial charge is 0.222 e. The number of rotatable bonds is 5. The van der Waals surface area contributed by atoms with Crippen molar-refractivity contribution < 1.29 is 9.53 Å². The van der Waals surface area contributed by atoms with E-state index < -0.39 is 0 Å². The van der Waals surface area contributed by atoms with Crippen LogP contribution >= 0.6 is 0 Å². The summed E-state index contributed by atoms with van der Waals surface area (Å²) in [4.78, 5) is 14.2. The van der Waals surface area contributed by atoms with Crippen molar-refractivity contribution in [3.05, 3.63) is 29.8 Å². The zero-order valence-electron chi connectivity index (χ0n) is 13.3. The summed E-state index contributed by atoms with van der Waals surface area (Å²) in [7, 11) is 0. The van der Waals surface area contributed by atoms with Crippen molar-refractivity contribution in [2.24, 2.45) is 0 Å². The first-order valence-electron chi connectivity index (χ1n) is 7.78. The maximum absolute atomic E-state index is 12.2. The van der Waals surface area contributed by atoms with Crippen molar-refractivity contribution >= 4 is 5.91 Å². The largest absolute Gasteiger partial charge is 0.494 e. The van der Waals surface area contributed by atoms with Gasteiger partial charge in [0.25, 0.3) is 0 Å². The molecule has 1 aliphatic heterocycles. The third kappa shape index (κ3) is 5.05. The highest BCUT2D eigenvalue weighted by Gasteiger charge is 2.24. The lowest BCUT2D eigenvalue weighted by Gasteiger charge is -2.36. The molecule has 2 atom stereocenters. The van der Waals surface area contributed by atoms with Gasteiger partial charge < -0.3 is 15.0 Å². The molecule has 1 aromatic carbocycles. The fourth-order valence-corrected chi connectivity index (χ4v) is 2.81. The van der Waals surface area contributed by atoms with E-state index in [4.69, 9.17) is 4.74 Å². The molecule has 0 aromatic heterocycles. The van der Waals surface area contributed by atoms with Crippen molar-refractivity contribution in [1.82, 2.24) is 10.2 Å². The van der Waals surface area contributed by atoms with E-state index in [2.05, 4.69) is 19.2 Å². The van der Waals surface area contributed by atoms with E-state index >= 15 is 0 Å². The van der Waals surface area contributed by atoms with Gasteiger partial charge in [-0.15, -0.1) is 0 Å². The van der Waals surface area contributed by atoms with Crippen LogP contribution in [-0.4, -0.2) is 42.6 Å². The van der Waals surface area contributed by atoms with Gasteiger partial charge >= 0.3 is 0 Å². The third-order valence-electron chi connectivity index (χ3n) is 3.70. The average Bonchev–Trinajstić information content (AvgIpc) is 2.42. The van der Waals surface area contributed by atoms with Crippen molar-refractivity contribution in [3.8, 4) is 5.75 Å². The number of benzene rings is 1. The van der Waals surface area contributed by atoms with E-state index in [-0.39, 0.29) is 5.91 Å². The molecule has 1 amide bonds. The summed E-state index contributed by atoms with van der Waals surface area (Å²) in [5.41, 5.74) is 1.19. The normalized spacial score (nSPS) is 22.1. The van der Waals surface area contributed by atoms with E-state index in [1.807, 2.05) is 36.1 Å². The number of carbonyl (C=O) groups excluding carboxylic acids is 1. The summed E-state index contributed by atoms with van der Waals surface area (Å²) >= 11 is 0. The molecule has 0 bridgehead atoms. The van der Waals surface area contributed by atoms with Crippen LogP contribution in [0.25, 0.3) is 0 Å². The van der Waals surface area contributed by atoms with Crippen LogP contribution in [0.2, 0.25) is 0 Å². The number of nitrogens with zero attached hydrogens (tertiary/aromatic N) is 1. The average molecular weight is 290 g/mol. The first-order valence-corrected chi connectivity index (χ1v) is 7.78. The Balaban J connectivity index is 1.69. The van der Waals surface area contributed by atoms with Crippen molar-refractivity contribution in [1.29, 1.82) is 0 Å². The van der Waals surface area contributed by atoms with Gasteiger partial charge in [0.15, 0.2) is 0 Å². The molecule has 0 unspecified atom stereocenters. The summed E-state index contributed by atoms with van der Waals surface area (Å²) in [6, 6.07) is 8.75. The molecule has 2 rings (SSSR count). The van der Waals surface area contributed by atoms with E-state index in [0.717, 1.165) is 25.3 Å². The van der Waals surface area contributed by atoms with Crippen LogP contribution in [0.15, 0.2) is 24.3 Å². The Morgan fingerprint density at radius 3 is 2.71 bits per heavy atom. The monoisotopic (exact) mass is 290 g/mol. The minimum atomic E-state index is 0.239. The molecule has 1 saturated heterocycles. The maximum Gasteiger partial charge on any atom is 0.222 e. The Bertz CT molecular complexity index is 466. The van der Waals surface area contributed by atoms with E-state index in [9.17, 15) is 4.79 Å². The lowest BCUT2D eigenvalue weighted by atomic mass is 10.1. The lowest BCUT2D eigenvalue weighted by Crippen LogP contribution is -2.55. The first kappa shape index (κ1) is 15.8. The molecule has 21 heavy (non-hydrogen) atoms. The van der Waals surface area contributed by atoms with Crippen LogP contribution in [0.4, 0.5) is 0 Å². The van der Waals surface area contributed by atoms with Gasteiger partial charge in [-0.1, -0.05) is 12.1 Å². The van der Waals surface area contributed by atoms with Gasteiger partial charge in [0.2, 0.25) is 5.91 Å². The number of amides is 1. The molecule has 1 fully saturated rings. The molecule has 0 aliphatic carbocycles. The van der Waals surface area contributed by atoms with Crippen LogP contribution in [-0.2, 0) is 4.79 Å². The van der Waals surface area contributed by atoms with Gasteiger partial charge in [0.1, 0.15) is 5.75 Å². The number of hydrogen-bond donors (Lipinski definition) is 1. The highest BCUT2D eigenvalue weighted by Crippen LogP contribution is 2.13. The molecule has 1 aliphatic rings. The molecule has 4 heteroatoms. The minimum Gasteiger partial charge on any atom is -0.494 e. The molecule has 0 spiro atoms. The van der Waals surface area contributed by atoms with Gasteiger partial charge in [-0.3, -0.25) is 4.79 Å². The second-order valence-electron chi connectivity index (χ2n) is 6.04. The second-order valence-corrected chi connectivity index (χ2v) is 6.04. The molecule has 4 nitrogen and oxygen atoms in total. The molecule has 116 valence electrons. The number of ether oxygens (including phenoxy) is 1. The van der Waals surface area contributed by atoms with Crippen LogP contribution in [0.5, 0.6) is 5.75 Å². The Kier molecular flexibility index (Phi) is 5.62. The molecule has 1 aromatic rings. The third-order valence-corrected chi connectivity index (χ3v) is 3.70. The van der Waals surface area contributed by atoms with Gasteiger partial charge in [-0.05, 0) is 44.9 Å². The molecule has 1 N–H and O–H groups in total. The number of piperazine rings is 1. The fraction of sp³-hybridized carbons (Fsp3) is 0.588. The van der Waals surface area contributed by atoms with Crippen molar-refractivity contribution in [3.63, 3.8) is 0 Å². The van der Waals surface area contributed by atoms with Gasteiger partial charge in [-0.2, -0.15) is 0 Å². The lowest BCUT2D eigenvalue weighted by molar-refractivity contribution is -0.133. The molecular weight excluding hydrogens is 264 g/mol. The highest BCUT2D eigenvalue weighted by atomic mass is 16.5. The predicted octanol–water partition coefficient (Wildman–Crippen LogP) is 2.36. The summed E-state index contributed by atoms with van der Waals surface area (Å²) in [5, 5.41) is 3.44. The zero-order valence-corrected chi connectivity index (χ0v) is 13.3. The zero-order chi connectivity index (χ0) is 15.2. The Labute approximate surface area is 127 Å². The molecule has 0 saturated carbocycles. The second kappa shape index (κ2) is 7.46. The fourth-order valence-electron chi connectivity index (χ4n) is 2.81. The van der Waals surface area contributed by atoms with Crippen molar-refractivity contribution in [2.75, 3.05) is 19.7 Å². The Hall–Kier alpha value is -1.55. The predicted molar refractivity (Wildman–Crippen MR) is 84.5 cm³/mol. The number of carbonyl (C=O) groups is 1. The Morgan fingerprint density at radius 1 is 1.33 bits per heavy atom. The van der Waals surface area contributed by atoms with E-state index in [0.29, 0.717) is 25.1 Å². The summed E-state index contributed by atoms with van der Waals surface area (Å²) < 4.78 is 5.68. The van der Waals surface area contributed by atoms with Crippen LogP contribution in [0.3, 0.4) is 0 Å².